The summed E-state index contributed by atoms with van der Waals surface area (Å²) in [5.41, 5.74) is 1.00. The van der Waals surface area contributed by atoms with Gasteiger partial charge in [-0.15, -0.1) is 24.0 Å². The molecule has 2 heterocycles. The van der Waals surface area contributed by atoms with E-state index in [-0.39, 0.29) is 35.9 Å². The molecule has 0 radical (unpaired) electrons. The van der Waals surface area contributed by atoms with Crippen LogP contribution in [0.4, 0.5) is 0 Å². The Bertz CT molecular complexity index is 612. The SMILES string of the molecule is CCCCOc1ncccc1CNC(=NC)NC1CCN(C(=O)CC)C1.I. The highest BCUT2D eigenvalue weighted by molar-refractivity contribution is 14.0. The average molecular weight is 489 g/mol. The van der Waals surface area contributed by atoms with Gasteiger partial charge in [0.25, 0.3) is 0 Å². The third-order valence-corrected chi connectivity index (χ3v) is 4.44. The predicted octanol–water partition coefficient (Wildman–Crippen LogP) is 2.55. The normalized spacial score (nSPS) is 16.6. The number of unbranched alkanes of at least 4 members (excludes halogenated alkanes) is 1. The molecule has 0 aliphatic carbocycles. The van der Waals surface area contributed by atoms with E-state index in [2.05, 4.69) is 27.5 Å². The van der Waals surface area contributed by atoms with Crippen molar-refractivity contribution in [1.29, 1.82) is 0 Å². The number of amides is 1. The van der Waals surface area contributed by atoms with E-state index in [1.807, 2.05) is 24.0 Å². The first-order valence-corrected chi connectivity index (χ1v) is 9.49. The van der Waals surface area contributed by atoms with E-state index in [9.17, 15) is 4.79 Å². The quantitative estimate of drug-likeness (QED) is 0.254. The fourth-order valence-corrected chi connectivity index (χ4v) is 2.90. The molecule has 1 aliphatic rings. The van der Waals surface area contributed by atoms with Crippen molar-refractivity contribution in [2.45, 2.75) is 52.1 Å². The number of aromatic nitrogens is 1. The fraction of sp³-hybridized carbons (Fsp3) is 0.632. The lowest BCUT2D eigenvalue weighted by atomic mass is 10.2. The first kappa shape index (κ1) is 23.5. The lowest BCUT2D eigenvalue weighted by Gasteiger charge is -2.19. The highest BCUT2D eigenvalue weighted by Crippen LogP contribution is 2.15. The van der Waals surface area contributed by atoms with Crippen molar-refractivity contribution < 1.29 is 9.53 Å². The number of guanidine groups is 1. The second-order valence-electron chi connectivity index (χ2n) is 6.42. The summed E-state index contributed by atoms with van der Waals surface area (Å²) in [7, 11) is 1.75. The zero-order chi connectivity index (χ0) is 18.8. The molecule has 27 heavy (non-hydrogen) atoms. The number of nitrogens with zero attached hydrogens (tertiary/aromatic N) is 3. The summed E-state index contributed by atoms with van der Waals surface area (Å²) in [4.78, 5) is 22.3. The van der Waals surface area contributed by atoms with Crippen LogP contribution in [0.1, 0.15) is 45.1 Å². The van der Waals surface area contributed by atoms with Gasteiger partial charge < -0.3 is 20.3 Å². The van der Waals surface area contributed by atoms with Crippen molar-refractivity contribution in [2.24, 2.45) is 4.99 Å². The molecule has 1 atom stereocenters. The van der Waals surface area contributed by atoms with E-state index in [1.54, 1.807) is 13.2 Å². The number of halogens is 1. The minimum Gasteiger partial charge on any atom is -0.477 e. The van der Waals surface area contributed by atoms with Crippen LogP contribution in [0.3, 0.4) is 0 Å². The number of nitrogens with one attached hydrogen (secondary N) is 2. The van der Waals surface area contributed by atoms with Gasteiger partial charge in [0.2, 0.25) is 11.8 Å². The van der Waals surface area contributed by atoms with Crippen LogP contribution in [0.15, 0.2) is 23.3 Å². The number of ether oxygens (including phenoxy) is 1. The van der Waals surface area contributed by atoms with Gasteiger partial charge in [-0.2, -0.15) is 0 Å². The number of pyridine rings is 1. The van der Waals surface area contributed by atoms with Gasteiger partial charge in [0, 0.05) is 50.9 Å². The topological polar surface area (TPSA) is 78.8 Å². The summed E-state index contributed by atoms with van der Waals surface area (Å²) in [6, 6.07) is 4.14. The van der Waals surface area contributed by atoms with Crippen molar-refractivity contribution in [1.82, 2.24) is 20.5 Å². The first-order valence-electron chi connectivity index (χ1n) is 9.49. The molecule has 2 N–H and O–H groups in total. The highest BCUT2D eigenvalue weighted by Gasteiger charge is 2.25. The van der Waals surface area contributed by atoms with E-state index in [0.29, 0.717) is 25.5 Å². The Labute approximate surface area is 179 Å². The van der Waals surface area contributed by atoms with E-state index >= 15 is 0 Å². The molecule has 0 bridgehead atoms. The molecule has 0 aromatic carbocycles. The Hall–Kier alpha value is -1.58. The van der Waals surface area contributed by atoms with Crippen molar-refractivity contribution in [3.8, 4) is 5.88 Å². The molecule has 1 aliphatic heterocycles. The predicted molar refractivity (Wildman–Crippen MR) is 119 cm³/mol. The third-order valence-electron chi connectivity index (χ3n) is 4.44. The van der Waals surface area contributed by atoms with Gasteiger partial charge in [0.15, 0.2) is 5.96 Å². The monoisotopic (exact) mass is 489 g/mol. The maximum atomic E-state index is 11.8. The largest absolute Gasteiger partial charge is 0.477 e. The molecule has 2 rings (SSSR count). The van der Waals surface area contributed by atoms with Crippen LogP contribution in [0.5, 0.6) is 5.88 Å². The van der Waals surface area contributed by atoms with Crippen LogP contribution in [0, 0.1) is 0 Å². The molecule has 7 nitrogen and oxygen atoms in total. The second-order valence-corrected chi connectivity index (χ2v) is 6.42. The lowest BCUT2D eigenvalue weighted by molar-refractivity contribution is -0.129. The van der Waals surface area contributed by atoms with Gasteiger partial charge in [-0.3, -0.25) is 9.79 Å². The molecule has 1 fully saturated rings. The van der Waals surface area contributed by atoms with Gasteiger partial charge in [0.1, 0.15) is 0 Å². The molecule has 0 spiro atoms. The van der Waals surface area contributed by atoms with Crippen molar-refractivity contribution >= 4 is 35.8 Å². The maximum Gasteiger partial charge on any atom is 0.222 e. The van der Waals surface area contributed by atoms with Crippen molar-refractivity contribution in [3.63, 3.8) is 0 Å². The van der Waals surface area contributed by atoms with Gasteiger partial charge in [0.05, 0.1) is 6.61 Å². The number of rotatable bonds is 8. The number of hydrogen-bond acceptors (Lipinski definition) is 4. The van der Waals surface area contributed by atoms with Gasteiger partial charge >= 0.3 is 0 Å². The Morgan fingerprint density at radius 2 is 2.26 bits per heavy atom. The Kier molecular flexibility index (Phi) is 11.1. The van der Waals surface area contributed by atoms with Crippen LogP contribution in [0.2, 0.25) is 0 Å². The molecular formula is C19H32IN5O2. The highest BCUT2D eigenvalue weighted by atomic mass is 127. The van der Waals surface area contributed by atoms with Gasteiger partial charge in [-0.05, 0) is 18.9 Å². The lowest BCUT2D eigenvalue weighted by Crippen LogP contribution is -2.44. The zero-order valence-electron chi connectivity index (χ0n) is 16.5. The average Bonchev–Trinajstić information content (AvgIpc) is 3.14. The van der Waals surface area contributed by atoms with Crippen LogP contribution in [0.25, 0.3) is 0 Å². The Morgan fingerprint density at radius 1 is 1.44 bits per heavy atom. The van der Waals surface area contributed by atoms with Crippen LogP contribution in [-0.4, -0.2) is 54.5 Å². The minimum atomic E-state index is 0. The number of aliphatic imine (C=N–C) groups is 1. The molecular weight excluding hydrogens is 457 g/mol. The number of likely N-dealkylation sites (tertiary alicyclic amines) is 1. The molecule has 1 amide bonds. The zero-order valence-corrected chi connectivity index (χ0v) is 18.9. The molecule has 1 aromatic heterocycles. The van der Waals surface area contributed by atoms with Crippen molar-refractivity contribution in [3.05, 3.63) is 23.9 Å². The number of carbonyl (C=O) groups is 1. The van der Waals surface area contributed by atoms with Gasteiger partial charge in [-0.1, -0.05) is 26.3 Å². The summed E-state index contributed by atoms with van der Waals surface area (Å²) < 4.78 is 5.77. The number of carbonyl (C=O) groups excluding carboxylic acids is 1. The molecule has 8 heteroatoms. The van der Waals surface area contributed by atoms with E-state index < -0.39 is 0 Å². The fourth-order valence-electron chi connectivity index (χ4n) is 2.90. The summed E-state index contributed by atoms with van der Waals surface area (Å²) in [6.45, 7) is 6.83. The van der Waals surface area contributed by atoms with E-state index in [0.717, 1.165) is 43.9 Å². The van der Waals surface area contributed by atoms with E-state index in [1.165, 1.54) is 0 Å². The Balaban J connectivity index is 0.00000364. The molecule has 1 saturated heterocycles. The summed E-state index contributed by atoms with van der Waals surface area (Å²) in [5, 5.41) is 6.72. The molecule has 1 unspecified atom stereocenters. The van der Waals surface area contributed by atoms with Crippen LogP contribution < -0.4 is 15.4 Å². The second kappa shape index (κ2) is 12.7. The third kappa shape index (κ3) is 7.51. The molecule has 0 saturated carbocycles. The number of hydrogen-bond donors (Lipinski definition) is 2. The van der Waals surface area contributed by atoms with Crippen LogP contribution >= 0.6 is 24.0 Å². The summed E-state index contributed by atoms with van der Waals surface area (Å²) >= 11 is 0. The summed E-state index contributed by atoms with van der Waals surface area (Å²) in [6.07, 6.45) is 5.35. The Morgan fingerprint density at radius 3 is 2.96 bits per heavy atom. The standard InChI is InChI=1S/C19H31N5O2.HI/c1-4-6-12-26-18-15(8-7-10-21-18)13-22-19(20-3)23-16-9-11-24(14-16)17(25)5-2;/h7-8,10,16H,4-6,9,11-14H2,1-3H3,(H2,20,22,23);1H. The van der Waals surface area contributed by atoms with Crippen molar-refractivity contribution in [2.75, 3.05) is 26.7 Å². The molecule has 152 valence electrons. The van der Waals surface area contributed by atoms with E-state index in [4.69, 9.17) is 4.74 Å². The van der Waals surface area contributed by atoms with Crippen LogP contribution in [-0.2, 0) is 11.3 Å². The maximum absolute atomic E-state index is 11.8. The minimum absolute atomic E-state index is 0. The van der Waals surface area contributed by atoms with Gasteiger partial charge in [-0.25, -0.2) is 4.98 Å². The summed E-state index contributed by atoms with van der Waals surface area (Å²) in [5.74, 6) is 1.61. The smallest absolute Gasteiger partial charge is 0.222 e. The molecule has 1 aromatic rings. The first-order chi connectivity index (χ1) is 12.7.